The number of carbonyl (C=O) groups is 1. The van der Waals surface area contributed by atoms with E-state index in [0.717, 1.165) is 49.1 Å². The number of aromatic nitrogens is 1. The molecule has 144 valence electrons. The molecule has 2 atom stereocenters. The molecule has 1 aromatic carbocycles. The summed E-state index contributed by atoms with van der Waals surface area (Å²) in [7, 11) is 0. The number of aromatic hydroxyl groups is 1. The van der Waals surface area contributed by atoms with Crippen LogP contribution >= 0.6 is 0 Å². The third-order valence-electron chi connectivity index (χ3n) is 5.95. The summed E-state index contributed by atoms with van der Waals surface area (Å²) in [6.07, 6.45) is 1.90. The minimum Gasteiger partial charge on any atom is -0.507 e. The van der Waals surface area contributed by atoms with Crippen molar-refractivity contribution >= 4 is 22.7 Å². The predicted molar refractivity (Wildman–Crippen MR) is 104 cm³/mol. The van der Waals surface area contributed by atoms with Crippen molar-refractivity contribution in [2.75, 3.05) is 18.0 Å². The maximum Gasteiger partial charge on any atom is 0.404 e. The highest BCUT2D eigenvalue weighted by Gasteiger charge is 2.31. The van der Waals surface area contributed by atoms with Gasteiger partial charge in [0, 0.05) is 42.3 Å². The lowest BCUT2D eigenvalue weighted by molar-refractivity contribution is 0.186. The van der Waals surface area contributed by atoms with E-state index in [2.05, 4.69) is 10.2 Å². The van der Waals surface area contributed by atoms with E-state index in [4.69, 9.17) is 5.11 Å². The average Bonchev–Trinajstić information content (AvgIpc) is 3.30. The number of aryl methyl sites for hydroxylation is 1. The van der Waals surface area contributed by atoms with Crippen LogP contribution in [0.3, 0.4) is 0 Å². The summed E-state index contributed by atoms with van der Waals surface area (Å²) in [5.41, 5.74) is 2.71. The molecule has 1 saturated carbocycles. The number of hydrogen-bond acceptors (Lipinski definition) is 4. The van der Waals surface area contributed by atoms with Gasteiger partial charge in [-0.2, -0.15) is 0 Å². The molecular weight excluding hydrogens is 346 g/mol. The summed E-state index contributed by atoms with van der Waals surface area (Å²) in [6.45, 7) is 5.51. The van der Waals surface area contributed by atoms with Gasteiger partial charge in [0.2, 0.25) is 0 Å². The lowest BCUT2D eigenvalue weighted by atomic mass is 10.0. The summed E-state index contributed by atoms with van der Waals surface area (Å²) in [6, 6.07) is 5.31. The van der Waals surface area contributed by atoms with E-state index in [-0.39, 0.29) is 29.3 Å². The second-order valence-corrected chi connectivity index (χ2v) is 7.81. The topological polar surface area (TPSA) is 94.8 Å². The number of amides is 1. The SMILES string of the molecule is Cc1c(N2CC[C@@H]([C@H](C)NC(=O)O)C2)ccc2c(O)cc(=O)n(C3CC3)c12. The van der Waals surface area contributed by atoms with Crippen molar-refractivity contribution in [2.45, 2.75) is 45.2 Å². The van der Waals surface area contributed by atoms with Crippen LogP contribution in [0.1, 0.15) is 37.8 Å². The highest BCUT2D eigenvalue weighted by Crippen LogP contribution is 2.40. The van der Waals surface area contributed by atoms with Gasteiger partial charge in [-0.3, -0.25) is 4.79 Å². The van der Waals surface area contributed by atoms with Crippen LogP contribution < -0.4 is 15.8 Å². The highest BCUT2D eigenvalue weighted by atomic mass is 16.4. The van der Waals surface area contributed by atoms with Crippen molar-refractivity contribution in [2.24, 2.45) is 5.92 Å². The molecule has 0 unspecified atom stereocenters. The van der Waals surface area contributed by atoms with E-state index in [1.807, 2.05) is 30.5 Å². The maximum atomic E-state index is 12.5. The molecule has 1 saturated heterocycles. The second kappa shape index (κ2) is 6.48. The third-order valence-corrected chi connectivity index (χ3v) is 5.95. The van der Waals surface area contributed by atoms with Crippen LogP contribution in [-0.2, 0) is 0 Å². The molecule has 2 aliphatic rings. The number of carboxylic acid groups (broad SMARTS) is 1. The number of nitrogens with zero attached hydrogens (tertiary/aromatic N) is 2. The highest BCUT2D eigenvalue weighted by molar-refractivity contribution is 5.91. The van der Waals surface area contributed by atoms with E-state index in [0.29, 0.717) is 5.39 Å². The quantitative estimate of drug-likeness (QED) is 0.768. The van der Waals surface area contributed by atoms with Gasteiger partial charge in [-0.15, -0.1) is 0 Å². The van der Waals surface area contributed by atoms with Crippen molar-refractivity contribution in [1.82, 2.24) is 9.88 Å². The number of pyridine rings is 1. The summed E-state index contributed by atoms with van der Waals surface area (Å²) < 4.78 is 1.83. The zero-order chi connectivity index (χ0) is 19.3. The van der Waals surface area contributed by atoms with Crippen molar-refractivity contribution in [3.63, 3.8) is 0 Å². The normalized spacial score (nSPS) is 20.8. The molecule has 7 nitrogen and oxygen atoms in total. The van der Waals surface area contributed by atoms with Gasteiger partial charge in [-0.1, -0.05) is 0 Å². The van der Waals surface area contributed by atoms with Crippen LogP contribution in [0.4, 0.5) is 10.5 Å². The molecule has 2 fully saturated rings. The molecule has 1 aliphatic carbocycles. The van der Waals surface area contributed by atoms with Gasteiger partial charge in [0.05, 0.1) is 5.52 Å². The molecular formula is C20H25N3O4. The van der Waals surface area contributed by atoms with E-state index in [1.54, 1.807) is 0 Å². The number of hydrogen-bond donors (Lipinski definition) is 3. The van der Waals surface area contributed by atoms with Gasteiger partial charge in [-0.25, -0.2) is 4.79 Å². The Hall–Kier alpha value is -2.70. The average molecular weight is 371 g/mol. The smallest absolute Gasteiger partial charge is 0.404 e. The molecule has 2 aromatic rings. The first kappa shape index (κ1) is 17.7. The minimum atomic E-state index is -0.994. The van der Waals surface area contributed by atoms with E-state index >= 15 is 0 Å². The molecule has 2 heterocycles. The van der Waals surface area contributed by atoms with Crippen molar-refractivity contribution in [3.05, 3.63) is 34.1 Å². The van der Waals surface area contributed by atoms with Gasteiger partial charge >= 0.3 is 6.09 Å². The first-order valence-corrected chi connectivity index (χ1v) is 9.49. The molecule has 4 rings (SSSR count). The van der Waals surface area contributed by atoms with E-state index < -0.39 is 6.09 Å². The largest absolute Gasteiger partial charge is 0.507 e. The first-order chi connectivity index (χ1) is 12.9. The van der Waals surface area contributed by atoms with Gasteiger partial charge in [0.15, 0.2) is 0 Å². The number of nitrogens with one attached hydrogen (secondary N) is 1. The standard InChI is InChI=1S/C20H25N3O4/c1-11-16(22-8-7-13(10-22)12(2)21-20(26)27)6-5-15-17(24)9-18(25)23(19(11)15)14-3-4-14/h5-6,9,12-14,21,24H,3-4,7-8,10H2,1-2H3,(H,26,27)/t12-,13+/m0/s1. The van der Waals surface area contributed by atoms with Gasteiger partial charge < -0.3 is 25.0 Å². The predicted octanol–water partition coefficient (Wildman–Crippen LogP) is 2.83. The number of benzene rings is 1. The molecule has 3 N–H and O–H groups in total. The van der Waals surface area contributed by atoms with E-state index in [1.165, 1.54) is 6.07 Å². The summed E-state index contributed by atoms with van der Waals surface area (Å²) in [5, 5.41) is 22.5. The van der Waals surface area contributed by atoms with Crippen LogP contribution in [0, 0.1) is 12.8 Å². The lowest BCUT2D eigenvalue weighted by Gasteiger charge is -2.25. The second-order valence-electron chi connectivity index (χ2n) is 7.81. The monoisotopic (exact) mass is 371 g/mol. The van der Waals surface area contributed by atoms with Crippen LogP contribution in [0.25, 0.3) is 10.9 Å². The summed E-state index contributed by atoms with van der Waals surface area (Å²) in [5.74, 6) is 0.270. The fourth-order valence-corrected chi connectivity index (χ4v) is 4.35. The fraction of sp³-hybridized carbons (Fsp3) is 0.500. The Labute approximate surface area is 157 Å². The zero-order valence-electron chi connectivity index (χ0n) is 15.6. The molecule has 27 heavy (non-hydrogen) atoms. The third kappa shape index (κ3) is 3.11. The molecule has 0 spiro atoms. The summed E-state index contributed by atoms with van der Waals surface area (Å²) in [4.78, 5) is 25.7. The van der Waals surface area contributed by atoms with Crippen LogP contribution in [0.5, 0.6) is 5.75 Å². The molecule has 0 bridgehead atoms. The Morgan fingerprint density at radius 2 is 2.04 bits per heavy atom. The molecule has 1 aromatic heterocycles. The Morgan fingerprint density at radius 1 is 1.30 bits per heavy atom. The Kier molecular flexibility index (Phi) is 4.25. The Morgan fingerprint density at radius 3 is 2.70 bits per heavy atom. The van der Waals surface area contributed by atoms with Gasteiger partial charge in [-0.05, 0) is 56.7 Å². The molecule has 1 aliphatic heterocycles. The number of rotatable bonds is 4. The number of anilines is 1. The Balaban J connectivity index is 1.72. The maximum absolute atomic E-state index is 12.5. The van der Waals surface area contributed by atoms with Crippen LogP contribution in [-0.4, -0.2) is 40.0 Å². The van der Waals surface area contributed by atoms with Gasteiger partial charge in [0.1, 0.15) is 5.75 Å². The molecule has 0 radical (unpaired) electrons. The van der Waals surface area contributed by atoms with Crippen LogP contribution in [0.15, 0.2) is 23.0 Å². The minimum absolute atomic E-state index is 0.0279. The van der Waals surface area contributed by atoms with Crippen molar-refractivity contribution in [1.29, 1.82) is 0 Å². The Bertz CT molecular complexity index is 964. The van der Waals surface area contributed by atoms with Crippen LogP contribution in [0.2, 0.25) is 0 Å². The zero-order valence-corrected chi connectivity index (χ0v) is 15.6. The van der Waals surface area contributed by atoms with Crippen molar-refractivity contribution in [3.8, 4) is 5.75 Å². The van der Waals surface area contributed by atoms with Gasteiger partial charge in [0.25, 0.3) is 5.56 Å². The summed E-state index contributed by atoms with van der Waals surface area (Å²) >= 11 is 0. The molecule has 1 amide bonds. The lowest BCUT2D eigenvalue weighted by Crippen LogP contribution is -2.38. The first-order valence-electron chi connectivity index (χ1n) is 9.49. The van der Waals surface area contributed by atoms with E-state index in [9.17, 15) is 14.7 Å². The van der Waals surface area contributed by atoms with Crippen molar-refractivity contribution < 1.29 is 15.0 Å². The fourth-order valence-electron chi connectivity index (χ4n) is 4.35. The number of fused-ring (bicyclic) bond motifs is 1. The molecule has 7 heteroatoms.